The molecular formula is C17H26N2O3S. The van der Waals surface area contributed by atoms with Gasteiger partial charge in [0.15, 0.2) is 9.84 Å². The van der Waals surface area contributed by atoms with Crippen LogP contribution in [0.15, 0.2) is 30.3 Å². The van der Waals surface area contributed by atoms with Crippen LogP contribution in [0.5, 0.6) is 0 Å². The molecule has 6 heteroatoms. The minimum atomic E-state index is -2.90. The number of hydrogen-bond donors (Lipinski definition) is 1. The van der Waals surface area contributed by atoms with Crippen molar-refractivity contribution in [1.29, 1.82) is 0 Å². The summed E-state index contributed by atoms with van der Waals surface area (Å²) in [6.07, 6.45) is 0.643. The van der Waals surface area contributed by atoms with Crippen molar-refractivity contribution in [3.8, 4) is 0 Å². The highest BCUT2D eigenvalue weighted by Gasteiger charge is 2.30. The fourth-order valence-electron chi connectivity index (χ4n) is 3.13. The summed E-state index contributed by atoms with van der Waals surface area (Å²) in [7, 11) is -2.90. The molecule has 1 saturated heterocycles. The van der Waals surface area contributed by atoms with Gasteiger partial charge in [-0.05, 0) is 31.0 Å². The number of nitrogens with zero attached hydrogens (tertiary/aromatic N) is 1. The lowest BCUT2D eigenvalue weighted by atomic mass is 10.0. The first kappa shape index (κ1) is 17.9. The van der Waals surface area contributed by atoms with Crippen LogP contribution in [-0.4, -0.2) is 50.4 Å². The lowest BCUT2D eigenvalue weighted by Gasteiger charge is -2.29. The molecule has 5 nitrogen and oxygen atoms in total. The summed E-state index contributed by atoms with van der Waals surface area (Å²) in [5.41, 5.74) is 0.966. The largest absolute Gasteiger partial charge is 0.354 e. The molecule has 0 unspecified atom stereocenters. The van der Waals surface area contributed by atoms with Crippen molar-refractivity contribution < 1.29 is 13.2 Å². The van der Waals surface area contributed by atoms with Gasteiger partial charge in [-0.3, -0.25) is 9.69 Å². The molecule has 23 heavy (non-hydrogen) atoms. The molecule has 0 saturated carbocycles. The van der Waals surface area contributed by atoms with Crippen molar-refractivity contribution in [1.82, 2.24) is 10.2 Å². The van der Waals surface area contributed by atoms with Gasteiger partial charge in [0.25, 0.3) is 0 Å². The average molecular weight is 338 g/mol. The smallest absolute Gasteiger partial charge is 0.241 e. The van der Waals surface area contributed by atoms with Crippen LogP contribution in [-0.2, 0) is 14.6 Å². The van der Waals surface area contributed by atoms with E-state index in [1.165, 1.54) is 0 Å². The first-order valence-electron chi connectivity index (χ1n) is 8.24. The Morgan fingerprint density at radius 1 is 1.26 bits per heavy atom. The molecule has 1 aliphatic heterocycles. The van der Waals surface area contributed by atoms with Crippen molar-refractivity contribution in [2.75, 3.05) is 31.1 Å². The highest BCUT2D eigenvalue weighted by atomic mass is 32.2. The molecule has 0 aliphatic carbocycles. The third-order valence-corrected chi connectivity index (χ3v) is 6.27. The minimum absolute atomic E-state index is 0.0390. The Labute approximate surface area is 139 Å². The zero-order valence-electron chi connectivity index (χ0n) is 13.9. The fourth-order valence-corrected chi connectivity index (χ4v) is 4.99. The van der Waals surface area contributed by atoms with Gasteiger partial charge >= 0.3 is 0 Å². The highest BCUT2D eigenvalue weighted by molar-refractivity contribution is 7.91. The fraction of sp³-hybridized carbons (Fsp3) is 0.588. The van der Waals surface area contributed by atoms with Crippen LogP contribution in [0, 0.1) is 5.92 Å². The van der Waals surface area contributed by atoms with Crippen molar-refractivity contribution >= 4 is 15.7 Å². The van der Waals surface area contributed by atoms with Crippen molar-refractivity contribution in [2.45, 2.75) is 26.3 Å². The van der Waals surface area contributed by atoms with E-state index in [1.54, 1.807) is 0 Å². The maximum absolute atomic E-state index is 12.7. The van der Waals surface area contributed by atoms with Crippen molar-refractivity contribution in [3.05, 3.63) is 35.9 Å². The number of nitrogens with one attached hydrogen (secondary N) is 1. The second-order valence-electron chi connectivity index (χ2n) is 6.05. The molecule has 0 aromatic heterocycles. The second-order valence-corrected chi connectivity index (χ2v) is 8.28. The van der Waals surface area contributed by atoms with E-state index in [4.69, 9.17) is 0 Å². The summed E-state index contributed by atoms with van der Waals surface area (Å²) in [6, 6.07) is 9.39. The van der Waals surface area contributed by atoms with Gasteiger partial charge in [0.1, 0.15) is 6.04 Å². The van der Waals surface area contributed by atoms with E-state index >= 15 is 0 Å². The minimum Gasteiger partial charge on any atom is -0.354 e. The number of sulfone groups is 1. The van der Waals surface area contributed by atoms with Crippen LogP contribution >= 0.6 is 0 Å². The summed E-state index contributed by atoms with van der Waals surface area (Å²) in [6.45, 7) is 6.07. The third kappa shape index (κ3) is 4.78. The molecule has 128 valence electrons. The molecule has 1 aromatic carbocycles. The summed E-state index contributed by atoms with van der Waals surface area (Å²) in [5, 5.41) is 2.97. The highest BCUT2D eigenvalue weighted by Crippen LogP contribution is 2.22. The number of carbonyl (C=O) groups is 1. The quantitative estimate of drug-likeness (QED) is 0.820. The number of carbonyl (C=O) groups excluding carboxylic acids is 1. The summed E-state index contributed by atoms with van der Waals surface area (Å²) >= 11 is 0. The number of benzene rings is 1. The Balaban J connectivity index is 2.05. The molecule has 1 amide bonds. The van der Waals surface area contributed by atoms with E-state index in [2.05, 4.69) is 10.2 Å². The molecule has 0 spiro atoms. The van der Waals surface area contributed by atoms with E-state index in [0.717, 1.165) is 18.7 Å². The van der Waals surface area contributed by atoms with Crippen LogP contribution in [0.3, 0.4) is 0 Å². The Hall–Kier alpha value is -1.40. The predicted octanol–water partition coefficient (Wildman–Crippen LogP) is 1.62. The summed E-state index contributed by atoms with van der Waals surface area (Å²) in [4.78, 5) is 14.8. The van der Waals surface area contributed by atoms with E-state index in [0.29, 0.717) is 13.0 Å². The molecule has 1 heterocycles. The maximum atomic E-state index is 12.7. The molecule has 2 rings (SSSR count). The Bertz CT molecular complexity index is 612. The Kier molecular flexibility index (Phi) is 6.18. The van der Waals surface area contributed by atoms with Gasteiger partial charge in [-0.2, -0.15) is 0 Å². The zero-order valence-corrected chi connectivity index (χ0v) is 14.7. The predicted molar refractivity (Wildman–Crippen MR) is 91.9 cm³/mol. The summed E-state index contributed by atoms with van der Waals surface area (Å²) in [5.74, 6) is 0.418. The monoisotopic (exact) mass is 338 g/mol. The van der Waals surface area contributed by atoms with E-state index in [1.807, 2.05) is 44.2 Å². The topological polar surface area (TPSA) is 66.5 Å². The Morgan fingerprint density at radius 3 is 2.43 bits per heavy atom. The van der Waals surface area contributed by atoms with Gasteiger partial charge in [0.05, 0.1) is 11.5 Å². The van der Waals surface area contributed by atoms with Crippen molar-refractivity contribution in [3.63, 3.8) is 0 Å². The Morgan fingerprint density at radius 2 is 1.91 bits per heavy atom. The number of rotatable bonds is 7. The van der Waals surface area contributed by atoms with Crippen LogP contribution in [0.25, 0.3) is 0 Å². The molecule has 1 aromatic rings. The molecule has 1 fully saturated rings. The first-order chi connectivity index (χ1) is 11.0. The molecule has 1 N–H and O–H groups in total. The van der Waals surface area contributed by atoms with Gasteiger partial charge < -0.3 is 5.32 Å². The van der Waals surface area contributed by atoms with Gasteiger partial charge in [-0.25, -0.2) is 8.42 Å². The zero-order chi connectivity index (χ0) is 16.9. The normalized spacial score (nSPS) is 21.3. The number of hydrogen-bond acceptors (Lipinski definition) is 4. The molecular weight excluding hydrogens is 312 g/mol. The van der Waals surface area contributed by atoms with E-state index in [-0.39, 0.29) is 29.4 Å². The van der Waals surface area contributed by atoms with Gasteiger partial charge in [-0.1, -0.05) is 44.2 Å². The average Bonchev–Trinajstić information content (AvgIpc) is 2.90. The number of likely N-dealkylation sites (N-methyl/N-ethyl adjacent to an activating group) is 1. The van der Waals surface area contributed by atoms with Crippen LogP contribution < -0.4 is 5.32 Å². The number of amides is 1. The third-order valence-electron chi connectivity index (χ3n) is 4.43. The SMILES string of the molecule is CCN(CC)[C@H](C(=O)NC[C@H]1CCS(=O)(=O)C1)c1ccccc1. The van der Waals surface area contributed by atoms with Crippen LogP contribution in [0.2, 0.25) is 0 Å². The molecule has 0 radical (unpaired) electrons. The lowest BCUT2D eigenvalue weighted by Crippen LogP contribution is -2.42. The van der Waals surface area contributed by atoms with E-state index < -0.39 is 9.84 Å². The standard InChI is InChI=1S/C17H26N2O3S/c1-3-19(4-2)16(15-8-6-5-7-9-15)17(20)18-12-14-10-11-23(21,22)13-14/h5-9,14,16H,3-4,10-13H2,1-2H3,(H,18,20)/t14-,16+/m1/s1. The molecule has 2 atom stereocenters. The lowest BCUT2D eigenvalue weighted by molar-refractivity contribution is -0.126. The van der Waals surface area contributed by atoms with Gasteiger partial charge in [0.2, 0.25) is 5.91 Å². The molecule has 1 aliphatic rings. The van der Waals surface area contributed by atoms with Crippen molar-refractivity contribution in [2.24, 2.45) is 5.92 Å². The van der Waals surface area contributed by atoms with Gasteiger partial charge in [-0.15, -0.1) is 0 Å². The maximum Gasteiger partial charge on any atom is 0.241 e. The van der Waals surface area contributed by atoms with Gasteiger partial charge in [0, 0.05) is 6.54 Å². The second kappa shape index (κ2) is 7.93. The first-order valence-corrected chi connectivity index (χ1v) is 10.1. The van der Waals surface area contributed by atoms with Crippen LogP contribution in [0.4, 0.5) is 0 Å². The van der Waals surface area contributed by atoms with Crippen LogP contribution in [0.1, 0.15) is 31.9 Å². The molecule has 0 bridgehead atoms. The summed E-state index contributed by atoms with van der Waals surface area (Å²) < 4.78 is 23.0. The van der Waals surface area contributed by atoms with E-state index in [9.17, 15) is 13.2 Å².